The van der Waals surface area contributed by atoms with Crippen LogP contribution in [0.2, 0.25) is 0 Å². The highest BCUT2D eigenvalue weighted by atomic mass is 16.5. The molecule has 2 saturated heterocycles. The Morgan fingerprint density at radius 3 is 1.43 bits per heavy atom. The quantitative estimate of drug-likeness (QED) is 0.379. The van der Waals surface area contributed by atoms with Crippen molar-refractivity contribution in [3.8, 4) is 0 Å². The summed E-state index contributed by atoms with van der Waals surface area (Å²) in [5.41, 5.74) is 0. The minimum atomic E-state index is 0.741. The van der Waals surface area contributed by atoms with Crippen LogP contribution in [-0.4, -0.2) is 75.5 Å². The van der Waals surface area contributed by atoms with Crippen LogP contribution in [0.3, 0.4) is 0 Å². The summed E-state index contributed by atoms with van der Waals surface area (Å²) in [7, 11) is 4.77. The summed E-state index contributed by atoms with van der Waals surface area (Å²) in [6, 6.07) is 0. The summed E-state index contributed by atoms with van der Waals surface area (Å²) in [6.45, 7) is 17.1. The zero-order valence-electron chi connectivity index (χ0n) is 15.5. The van der Waals surface area contributed by atoms with E-state index in [9.17, 15) is 0 Å². The molecule has 0 aromatic carbocycles. The molecule has 2 fully saturated rings. The number of likely N-dealkylation sites (tertiary alicyclic amines) is 2. The van der Waals surface area contributed by atoms with Crippen molar-refractivity contribution in [1.82, 2.24) is 0 Å². The molecule has 132 valence electrons. The lowest BCUT2D eigenvalue weighted by Gasteiger charge is -2.41. The van der Waals surface area contributed by atoms with Crippen LogP contribution in [-0.2, 0) is 4.74 Å². The summed E-state index contributed by atoms with van der Waals surface area (Å²) >= 11 is 0. The van der Waals surface area contributed by atoms with Gasteiger partial charge in [-0.2, -0.15) is 0 Å². The number of hydrogen-bond acceptors (Lipinski definition) is 1. The molecule has 3 nitrogen and oxygen atoms in total. The van der Waals surface area contributed by atoms with Crippen molar-refractivity contribution in [2.75, 3.05) is 66.6 Å². The molecule has 3 heteroatoms. The van der Waals surface area contributed by atoms with E-state index >= 15 is 0 Å². The fourth-order valence-electron chi connectivity index (χ4n) is 4.01. The highest BCUT2D eigenvalue weighted by Gasteiger charge is 2.30. The van der Waals surface area contributed by atoms with E-state index in [0.29, 0.717) is 0 Å². The van der Waals surface area contributed by atoms with Crippen molar-refractivity contribution in [2.45, 2.75) is 25.7 Å². The SMILES string of the molecule is C=CC1CC[N+](C)(CCOCC[N+]2(C)CCC(C=C)CC2)CC1. The van der Waals surface area contributed by atoms with Gasteiger partial charge in [0.2, 0.25) is 0 Å². The Hall–Kier alpha value is -0.640. The Kier molecular flexibility index (Phi) is 6.87. The number of quaternary nitrogens is 2. The van der Waals surface area contributed by atoms with E-state index < -0.39 is 0 Å². The number of likely N-dealkylation sites (N-methyl/N-ethyl adjacent to an activating group) is 2. The third-order valence-electron chi connectivity index (χ3n) is 6.38. The van der Waals surface area contributed by atoms with E-state index in [2.05, 4.69) is 39.4 Å². The predicted molar refractivity (Wildman–Crippen MR) is 98.2 cm³/mol. The fourth-order valence-corrected chi connectivity index (χ4v) is 4.01. The minimum Gasteiger partial charge on any atom is -0.370 e. The van der Waals surface area contributed by atoms with Crippen molar-refractivity contribution < 1.29 is 13.7 Å². The maximum Gasteiger partial charge on any atom is 0.102 e. The van der Waals surface area contributed by atoms with Crippen molar-refractivity contribution in [2.24, 2.45) is 11.8 Å². The normalized spacial score (nSPS) is 38.2. The van der Waals surface area contributed by atoms with Gasteiger partial charge in [-0.25, -0.2) is 0 Å². The lowest BCUT2D eigenvalue weighted by atomic mass is 9.95. The number of piperidine rings is 2. The van der Waals surface area contributed by atoms with Gasteiger partial charge in [-0.3, -0.25) is 0 Å². The molecule has 0 unspecified atom stereocenters. The molecule has 0 bridgehead atoms. The lowest BCUT2D eigenvalue weighted by Crippen LogP contribution is -2.52. The van der Waals surface area contributed by atoms with Gasteiger partial charge in [-0.15, -0.1) is 13.2 Å². The van der Waals surface area contributed by atoms with E-state index in [4.69, 9.17) is 4.74 Å². The Bertz CT molecular complexity index is 341. The minimum absolute atomic E-state index is 0.741. The van der Waals surface area contributed by atoms with Gasteiger partial charge in [0.05, 0.1) is 53.5 Å². The molecule has 2 heterocycles. The van der Waals surface area contributed by atoms with Gasteiger partial charge >= 0.3 is 0 Å². The maximum absolute atomic E-state index is 6.00. The number of nitrogens with zero attached hydrogens (tertiary/aromatic N) is 2. The third kappa shape index (κ3) is 5.74. The number of hydrogen-bond donors (Lipinski definition) is 0. The van der Waals surface area contributed by atoms with Crippen molar-refractivity contribution in [3.05, 3.63) is 25.3 Å². The van der Waals surface area contributed by atoms with Crippen LogP contribution in [0.1, 0.15) is 25.7 Å². The van der Waals surface area contributed by atoms with Crippen molar-refractivity contribution in [1.29, 1.82) is 0 Å². The molecule has 2 rings (SSSR count). The molecule has 0 aliphatic carbocycles. The Labute approximate surface area is 143 Å². The van der Waals surface area contributed by atoms with Crippen LogP contribution in [0.15, 0.2) is 25.3 Å². The average molecular weight is 323 g/mol. The van der Waals surface area contributed by atoms with Gasteiger partial charge in [0, 0.05) is 25.7 Å². The zero-order valence-corrected chi connectivity index (χ0v) is 15.5. The highest BCUT2D eigenvalue weighted by Crippen LogP contribution is 2.23. The van der Waals surface area contributed by atoms with Crippen LogP contribution in [0.5, 0.6) is 0 Å². The number of allylic oxidation sites excluding steroid dienone is 2. The molecule has 2 aliphatic heterocycles. The molecule has 23 heavy (non-hydrogen) atoms. The second-order valence-electron chi connectivity index (χ2n) is 8.34. The predicted octanol–water partition coefficient (Wildman–Crippen LogP) is 3.09. The van der Waals surface area contributed by atoms with Gasteiger partial charge in [0.15, 0.2) is 0 Å². The van der Waals surface area contributed by atoms with Crippen LogP contribution in [0.25, 0.3) is 0 Å². The van der Waals surface area contributed by atoms with E-state index in [-0.39, 0.29) is 0 Å². The molecule has 0 saturated carbocycles. The average Bonchev–Trinajstić information content (AvgIpc) is 2.56. The van der Waals surface area contributed by atoms with Gasteiger partial charge in [0.25, 0.3) is 0 Å². The maximum atomic E-state index is 6.00. The standard InChI is InChI=1S/C20H38N2O/c1-5-19-7-11-21(3,12-8-19)15-17-23-18-16-22(4)13-9-20(6-2)10-14-22/h5-6,19-20H,1-2,7-18H2,3-4H3/q+2. The summed E-state index contributed by atoms with van der Waals surface area (Å²) in [6.07, 6.45) is 9.44. The summed E-state index contributed by atoms with van der Waals surface area (Å²) in [4.78, 5) is 0. The van der Waals surface area contributed by atoms with Crippen LogP contribution < -0.4 is 0 Å². The monoisotopic (exact) mass is 322 g/mol. The summed E-state index contributed by atoms with van der Waals surface area (Å²) < 4.78 is 8.36. The zero-order chi connectivity index (χ0) is 16.8. The highest BCUT2D eigenvalue weighted by molar-refractivity contribution is 4.81. The molecular weight excluding hydrogens is 284 g/mol. The Morgan fingerprint density at radius 2 is 1.13 bits per heavy atom. The first-order valence-electron chi connectivity index (χ1n) is 9.49. The largest absolute Gasteiger partial charge is 0.370 e. The van der Waals surface area contributed by atoms with Crippen molar-refractivity contribution in [3.63, 3.8) is 0 Å². The van der Waals surface area contributed by atoms with Gasteiger partial charge in [0.1, 0.15) is 13.1 Å². The Balaban J connectivity index is 1.59. The van der Waals surface area contributed by atoms with E-state index in [1.807, 2.05) is 0 Å². The van der Waals surface area contributed by atoms with Crippen LogP contribution >= 0.6 is 0 Å². The molecular formula is C20H38N2O+2. The van der Waals surface area contributed by atoms with Crippen molar-refractivity contribution >= 4 is 0 Å². The number of rotatable bonds is 8. The second-order valence-corrected chi connectivity index (χ2v) is 8.34. The first-order valence-corrected chi connectivity index (χ1v) is 9.49. The molecule has 0 radical (unpaired) electrons. The smallest absolute Gasteiger partial charge is 0.102 e. The second kappa shape index (κ2) is 8.46. The molecule has 0 N–H and O–H groups in total. The van der Waals surface area contributed by atoms with E-state index in [1.54, 1.807) is 0 Å². The topological polar surface area (TPSA) is 9.23 Å². The Morgan fingerprint density at radius 1 is 0.783 bits per heavy atom. The summed E-state index contributed by atoms with van der Waals surface area (Å²) in [5, 5.41) is 0. The first-order chi connectivity index (χ1) is 11.0. The molecule has 0 atom stereocenters. The van der Waals surface area contributed by atoms with Crippen LogP contribution in [0.4, 0.5) is 0 Å². The van der Waals surface area contributed by atoms with Gasteiger partial charge < -0.3 is 13.7 Å². The van der Waals surface area contributed by atoms with Gasteiger partial charge in [-0.1, -0.05) is 12.2 Å². The third-order valence-corrected chi connectivity index (χ3v) is 6.38. The van der Waals surface area contributed by atoms with E-state index in [0.717, 1.165) is 38.1 Å². The molecule has 0 spiro atoms. The lowest BCUT2D eigenvalue weighted by molar-refractivity contribution is -0.918. The van der Waals surface area contributed by atoms with E-state index in [1.165, 1.54) is 60.8 Å². The summed E-state index contributed by atoms with van der Waals surface area (Å²) in [5.74, 6) is 1.48. The van der Waals surface area contributed by atoms with Crippen LogP contribution in [0, 0.1) is 11.8 Å². The first kappa shape index (κ1) is 18.7. The molecule has 0 amide bonds. The molecule has 0 aromatic heterocycles. The fraction of sp³-hybridized carbons (Fsp3) is 0.800. The molecule has 2 aliphatic rings. The molecule has 0 aromatic rings. The van der Waals surface area contributed by atoms with Gasteiger partial charge in [-0.05, 0) is 11.8 Å². The number of ether oxygens (including phenoxy) is 1.